The van der Waals surface area contributed by atoms with E-state index in [-0.39, 0.29) is 0 Å². The Labute approximate surface area is 176 Å². The maximum absolute atomic E-state index is 9.00. The van der Waals surface area contributed by atoms with Crippen LogP contribution in [0, 0.1) is 11.3 Å². The Morgan fingerprint density at radius 2 is 1.69 bits per heavy atom. The molecule has 4 nitrogen and oxygen atoms in total. The zero-order valence-corrected chi connectivity index (χ0v) is 17.5. The highest BCUT2D eigenvalue weighted by molar-refractivity contribution is 7.22. The second-order valence-corrected chi connectivity index (χ2v) is 9.22. The van der Waals surface area contributed by atoms with Gasteiger partial charge in [-0.05, 0) is 67.7 Å². The molecule has 3 heterocycles. The van der Waals surface area contributed by atoms with Crippen LogP contribution < -0.4 is 4.90 Å². The number of hydrogen-bond acceptors (Lipinski definition) is 5. The van der Waals surface area contributed by atoms with Crippen LogP contribution in [0.15, 0.2) is 42.5 Å². The van der Waals surface area contributed by atoms with Gasteiger partial charge in [0, 0.05) is 19.1 Å². The Bertz CT molecular complexity index is 1030. The van der Waals surface area contributed by atoms with Gasteiger partial charge in [0.2, 0.25) is 0 Å². The highest BCUT2D eigenvalue weighted by Crippen LogP contribution is 2.34. The van der Waals surface area contributed by atoms with Gasteiger partial charge in [0.25, 0.3) is 0 Å². The van der Waals surface area contributed by atoms with Crippen LogP contribution >= 0.6 is 11.3 Å². The van der Waals surface area contributed by atoms with Crippen molar-refractivity contribution in [3.8, 4) is 17.2 Å². The van der Waals surface area contributed by atoms with Crippen molar-refractivity contribution < 1.29 is 0 Å². The molecule has 2 aliphatic heterocycles. The normalized spacial score (nSPS) is 20.7. The van der Waals surface area contributed by atoms with Gasteiger partial charge in [-0.2, -0.15) is 5.26 Å². The third-order valence-corrected chi connectivity index (χ3v) is 7.39. The standard InChI is InChI=1S/C24H26N4S/c25-16-18-5-7-19(8-6-18)20-9-10-22-23(15-20)29-24(26-22)28-14-11-21(17-28)27-12-3-1-2-4-13-27/h5-10,15,21H,1-4,11-14,17H2. The minimum Gasteiger partial charge on any atom is -0.346 e. The number of hydrogen-bond donors (Lipinski definition) is 0. The van der Waals surface area contributed by atoms with E-state index >= 15 is 0 Å². The number of nitriles is 1. The molecule has 1 aromatic heterocycles. The Balaban J connectivity index is 1.34. The molecule has 2 saturated heterocycles. The molecule has 0 spiro atoms. The molecule has 0 saturated carbocycles. The second kappa shape index (κ2) is 8.14. The molecule has 0 radical (unpaired) electrons. The third kappa shape index (κ3) is 3.88. The second-order valence-electron chi connectivity index (χ2n) is 8.21. The fraction of sp³-hybridized carbons (Fsp3) is 0.417. The SMILES string of the molecule is N#Cc1ccc(-c2ccc3nc(N4CCC(N5CCCCCC5)C4)sc3c2)cc1. The minimum absolute atomic E-state index is 0.689. The number of fused-ring (bicyclic) bond motifs is 1. The Morgan fingerprint density at radius 3 is 2.45 bits per heavy atom. The molecule has 2 fully saturated rings. The molecule has 5 rings (SSSR count). The fourth-order valence-corrected chi connectivity index (χ4v) is 5.68. The molecule has 0 aliphatic carbocycles. The van der Waals surface area contributed by atoms with Gasteiger partial charge >= 0.3 is 0 Å². The van der Waals surface area contributed by atoms with Crippen molar-refractivity contribution in [3.63, 3.8) is 0 Å². The van der Waals surface area contributed by atoms with Gasteiger partial charge in [-0.1, -0.05) is 42.4 Å². The van der Waals surface area contributed by atoms with Crippen molar-refractivity contribution in [2.75, 3.05) is 31.1 Å². The lowest BCUT2D eigenvalue weighted by Gasteiger charge is -2.27. The van der Waals surface area contributed by atoms with Crippen molar-refractivity contribution in [1.29, 1.82) is 5.26 Å². The van der Waals surface area contributed by atoms with E-state index in [1.165, 1.54) is 55.5 Å². The number of likely N-dealkylation sites (tertiary alicyclic amines) is 1. The quantitative estimate of drug-likeness (QED) is 0.597. The predicted molar refractivity (Wildman–Crippen MR) is 120 cm³/mol. The number of thiazole rings is 1. The predicted octanol–water partition coefficient (Wildman–Crippen LogP) is 5.29. The molecule has 0 amide bonds. The average molecular weight is 403 g/mol. The maximum Gasteiger partial charge on any atom is 0.186 e. The Morgan fingerprint density at radius 1 is 0.931 bits per heavy atom. The summed E-state index contributed by atoms with van der Waals surface area (Å²) >= 11 is 1.81. The van der Waals surface area contributed by atoms with E-state index in [1.54, 1.807) is 0 Å². The highest BCUT2D eigenvalue weighted by atomic mass is 32.1. The summed E-state index contributed by atoms with van der Waals surface area (Å²) in [5, 5.41) is 10.2. The summed E-state index contributed by atoms with van der Waals surface area (Å²) in [6, 6.07) is 17.2. The lowest BCUT2D eigenvalue weighted by molar-refractivity contribution is 0.218. The Kier molecular flexibility index (Phi) is 5.22. The van der Waals surface area contributed by atoms with E-state index in [2.05, 4.69) is 34.1 Å². The molecule has 29 heavy (non-hydrogen) atoms. The summed E-state index contributed by atoms with van der Waals surface area (Å²) < 4.78 is 1.24. The molecule has 2 aliphatic rings. The minimum atomic E-state index is 0.689. The van der Waals surface area contributed by atoms with Crippen LogP contribution in [0.2, 0.25) is 0 Å². The van der Waals surface area contributed by atoms with E-state index in [0.29, 0.717) is 11.6 Å². The maximum atomic E-state index is 9.00. The fourth-order valence-electron chi connectivity index (χ4n) is 4.64. The summed E-state index contributed by atoms with van der Waals surface area (Å²) in [7, 11) is 0. The molecular formula is C24H26N4S. The smallest absolute Gasteiger partial charge is 0.186 e. The summed E-state index contributed by atoms with van der Waals surface area (Å²) in [5.74, 6) is 0. The summed E-state index contributed by atoms with van der Waals surface area (Å²) in [5.41, 5.74) is 4.10. The van der Waals surface area contributed by atoms with Crippen LogP contribution in [-0.4, -0.2) is 42.1 Å². The van der Waals surface area contributed by atoms with E-state index in [0.717, 1.165) is 29.3 Å². The molecule has 0 N–H and O–H groups in total. The van der Waals surface area contributed by atoms with Crippen LogP contribution in [0.1, 0.15) is 37.7 Å². The number of nitrogens with zero attached hydrogens (tertiary/aromatic N) is 4. The first-order valence-corrected chi connectivity index (χ1v) is 11.5. The van der Waals surface area contributed by atoms with Gasteiger partial charge in [-0.25, -0.2) is 4.98 Å². The lowest BCUT2D eigenvalue weighted by atomic mass is 10.0. The number of rotatable bonds is 3. The molecular weight excluding hydrogens is 376 g/mol. The van der Waals surface area contributed by atoms with Crippen molar-refractivity contribution in [2.45, 2.75) is 38.1 Å². The van der Waals surface area contributed by atoms with E-state index < -0.39 is 0 Å². The van der Waals surface area contributed by atoms with E-state index in [1.807, 2.05) is 35.6 Å². The molecule has 3 aromatic rings. The average Bonchev–Trinajstić information content (AvgIpc) is 3.33. The summed E-state index contributed by atoms with van der Waals surface area (Å²) in [6.45, 7) is 4.77. The lowest BCUT2D eigenvalue weighted by Crippen LogP contribution is -2.38. The summed E-state index contributed by atoms with van der Waals surface area (Å²) in [4.78, 5) is 10.2. The molecule has 0 bridgehead atoms. The van der Waals surface area contributed by atoms with Crippen molar-refractivity contribution in [3.05, 3.63) is 48.0 Å². The van der Waals surface area contributed by atoms with Gasteiger partial charge in [0.15, 0.2) is 5.13 Å². The van der Waals surface area contributed by atoms with Gasteiger partial charge in [-0.15, -0.1) is 0 Å². The van der Waals surface area contributed by atoms with Crippen LogP contribution in [0.4, 0.5) is 5.13 Å². The summed E-state index contributed by atoms with van der Waals surface area (Å²) in [6.07, 6.45) is 6.76. The van der Waals surface area contributed by atoms with Crippen LogP contribution in [-0.2, 0) is 0 Å². The van der Waals surface area contributed by atoms with Crippen LogP contribution in [0.25, 0.3) is 21.3 Å². The zero-order valence-electron chi connectivity index (χ0n) is 16.7. The first-order chi connectivity index (χ1) is 14.3. The van der Waals surface area contributed by atoms with E-state index in [9.17, 15) is 0 Å². The Hall–Kier alpha value is -2.42. The number of aromatic nitrogens is 1. The van der Waals surface area contributed by atoms with Crippen molar-refractivity contribution >= 4 is 26.7 Å². The topological polar surface area (TPSA) is 43.2 Å². The molecule has 148 valence electrons. The van der Waals surface area contributed by atoms with Gasteiger partial charge < -0.3 is 4.90 Å². The van der Waals surface area contributed by atoms with Gasteiger partial charge in [0.1, 0.15) is 0 Å². The number of benzene rings is 2. The van der Waals surface area contributed by atoms with Gasteiger partial charge in [0.05, 0.1) is 21.8 Å². The molecule has 2 aromatic carbocycles. The van der Waals surface area contributed by atoms with Gasteiger partial charge in [-0.3, -0.25) is 4.90 Å². The number of anilines is 1. The largest absolute Gasteiger partial charge is 0.346 e. The zero-order chi connectivity index (χ0) is 19.6. The first-order valence-electron chi connectivity index (χ1n) is 10.7. The monoisotopic (exact) mass is 402 g/mol. The molecule has 1 atom stereocenters. The van der Waals surface area contributed by atoms with Crippen molar-refractivity contribution in [2.24, 2.45) is 0 Å². The highest BCUT2D eigenvalue weighted by Gasteiger charge is 2.29. The van der Waals surface area contributed by atoms with E-state index in [4.69, 9.17) is 10.2 Å². The molecule has 5 heteroatoms. The first kappa shape index (κ1) is 18.6. The van der Waals surface area contributed by atoms with Crippen molar-refractivity contribution in [1.82, 2.24) is 9.88 Å². The molecule has 1 unspecified atom stereocenters. The van der Waals surface area contributed by atoms with Crippen LogP contribution in [0.3, 0.4) is 0 Å². The van der Waals surface area contributed by atoms with Crippen LogP contribution in [0.5, 0.6) is 0 Å². The third-order valence-electron chi connectivity index (χ3n) is 6.32.